The first-order valence-electron chi connectivity index (χ1n) is 5.22. The van der Waals surface area contributed by atoms with Crippen LogP contribution < -0.4 is 5.32 Å². The standard InChI is InChI=1S/C13H8Cl2FNOS/c14-10-3-2-8(19)6-9(10)13(18)17-7-1-4-12(16)11(15)5-7/h1-6,19H,(H,17,18). The first-order chi connectivity index (χ1) is 8.97. The Hall–Kier alpha value is -1.23. The van der Waals surface area contributed by atoms with Crippen molar-refractivity contribution in [1.29, 1.82) is 0 Å². The Labute approximate surface area is 124 Å². The van der Waals surface area contributed by atoms with Gasteiger partial charge in [0.15, 0.2) is 0 Å². The van der Waals surface area contributed by atoms with Gasteiger partial charge in [0.05, 0.1) is 15.6 Å². The van der Waals surface area contributed by atoms with Crippen molar-refractivity contribution in [1.82, 2.24) is 0 Å². The molecule has 19 heavy (non-hydrogen) atoms. The molecular formula is C13H8Cl2FNOS. The fourth-order valence-corrected chi connectivity index (χ4v) is 2.05. The average Bonchev–Trinajstić information content (AvgIpc) is 2.36. The van der Waals surface area contributed by atoms with Gasteiger partial charge in [-0.2, -0.15) is 0 Å². The van der Waals surface area contributed by atoms with Crippen LogP contribution in [0.5, 0.6) is 0 Å². The second-order valence-corrected chi connectivity index (χ2v) is 5.08. The number of rotatable bonds is 2. The monoisotopic (exact) mass is 315 g/mol. The number of hydrogen-bond acceptors (Lipinski definition) is 2. The van der Waals surface area contributed by atoms with Crippen LogP contribution in [-0.2, 0) is 0 Å². The third-order valence-corrected chi connectivity index (χ3v) is 3.27. The van der Waals surface area contributed by atoms with E-state index in [1.165, 1.54) is 18.2 Å². The second kappa shape index (κ2) is 5.82. The molecule has 1 N–H and O–H groups in total. The van der Waals surface area contributed by atoms with Gasteiger partial charge in [-0.3, -0.25) is 4.79 Å². The summed E-state index contributed by atoms with van der Waals surface area (Å²) >= 11 is 15.7. The van der Waals surface area contributed by atoms with Crippen LogP contribution in [0.1, 0.15) is 10.4 Å². The molecule has 0 saturated heterocycles. The van der Waals surface area contributed by atoms with Crippen molar-refractivity contribution in [2.75, 3.05) is 5.32 Å². The molecule has 1 amide bonds. The molecule has 98 valence electrons. The molecule has 2 aromatic carbocycles. The summed E-state index contributed by atoms with van der Waals surface area (Å²) in [6.45, 7) is 0. The lowest BCUT2D eigenvalue weighted by Crippen LogP contribution is -2.12. The Morgan fingerprint density at radius 2 is 1.84 bits per heavy atom. The number of benzene rings is 2. The summed E-state index contributed by atoms with van der Waals surface area (Å²) in [5, 5.41) is 2.83. The number of halogens is 3. The van der Waals surface area contributed by atoms with E-state index in [0.29, 0.717) is 15.6 Å². The summed E-state index contributed by atoms with van der Waals surface area (Å²) < 4.78 is 13.0. The molecule has 0 radical (unpaired) electrons. The van der Waals surface area contributed by atoms with Gasteiger partial charge in [-0.05, 0) is 36.4 Å². The Kier molecular flexibility index (Phi) is 4.34. The van der Waals surface area contributed by atoms with Crippen molar-refractivity contribution in [3.8, 4) is 0 Å². The van der Waals surface area contributed by atoms with Crippen molar-refractivity contribution in [3.63, 3.8) is 0 Å². The van der Waals surface area contributed by atoms with E-state index in [0.717, 1.165) is 0 Å². The number of hydrogen-bond donors (Lipinski definition) is 2. The van der Waals surface area contributed by atoms with E-state index in [1.807, 2.05) is 0 Å². The maximum atomic E-state index is 13.0. The fraction of sp³-hybridized carbons (Fsp3) is 0. The molecule has 0 saturated carbocycles. The van der Waals surface area contributed by atoms with Crippen LogP contribution in [0.25, 0.3) is 0 Å². The highest BCUT2D eigenvalue weighted by atomic mass is 35.5. The van der Waals surface area contributed by atoms with Crippen molar-refractivity contribution in [3.05, 3.63) is 57.8 Å². The molecule has 0 spiro atoms. The van der Waals surface area contributed by atoms with Gasteiger partial charge in [0.1, 0.15) is 5.82 Å². The van der Waals surface area contributed by atoms with Crippen molar-refractivity contribution >= 4 is 47.4 Å². The molecule has 0 aromatic heterocycles. The number of anilines is 1. The molecule has 0 fully saturated rings. The highest BCUT2D eigenvalue weighted by molar-refractivity contribution is 7.80. The number of thiol groups is 1. The summed E-state index contributed by atoms with van der Waals surface area (Å²) in [5.74, 6) is -0.960. The lowest BCUT2D eigenvalue weighted by atomic mass is 10.2. The summed E-state index contributed by atoms with van der Waals surface area (Å²) in [5.41, 5.74) is 0.673. The highest BCUT2D eigenvalue weighted by Crippen LogP contribution is 2.23. The molecule has 2 rings (SSSR count). The van der Waals surface area contributed by atoms with Crippen LogP contribution in [0.3, 0.4) is 0 Å². The van der Waals surface area contributed by atoms with E-state index in [4.69, 9.17) is 23.2 Å². The van der Waals surface area contributed by atoms with Gasteiger partial charge < -0.3 is 5.32 Å². The Morgan fingerprint density at radius 1 is 1.11 bits per heavy atom. The largest absolute Gasteiger partial charge is 0.322 e. The Bertz CT molecular complexity index is 649. The zero-order valence-electron chi connectivity index (χ0n) is 9.45. The minimum atomic E-state index is -0.546. The van der Waals surface area contributed by atoms with Crippen molar-refractivity contribution < 1.29 is 9.18 Å². The molecule has 0 unspecified atom stereocenters. The molecular weight excluding hydrogens is 308 g/mol. The van der Waals surface area contributed by atoms with Gasteiger partial charge in [-0.25, -0.2) is 4.39 Å². The normalized spacial score (nSPS) is 10.3. The predicted octanol–water partition coefficient (Wildman–Crippen LogP) is 4.67. The van der Waals surface area contributed by atoms with E-state index in [2.05, 4.69) is 17.9 Å². The quantitative estimate of drug-likeness (QED) is 0.774. The summed E-state index contributed by atoms with van der Waals surface area (Å²) in [6, 6.07) is 8.72. The van der Waals surface area contributed by atoms with Crippen molar-refractivity contribution in [2.24, 2.45) is 0 Å². The molecule has 0 atom stereocenters. The number of amides is 1. The van der Waals surface area contributed by atoms with E-state index in [9.17, 15) is 9.18 Å². The van der Waals surface area contributed by atoms with Gasteiger partial charge in [0.2, 0.25) is 0 Å². The maximum Gasteiger partial charge on any atom is 0.257 e. The number of carbonyl (C=O) groups excluding carboxylic acids is 1. The minimum Gasteiger partial charge on any atom is -0.322 e. The highest BCUT2D eigenvalue weighted by Gasteiger charge is 2.11. The van der Waals surface area contributed by atoms with Gasteiger partial charge in [0.25, 0.3) is 5.91 Å². The van der Waals surface area contributed by atoms with Crippen LogP contribution in [0.2, 0.25) is 10.0 Å². The summed E-state index contributed by atoms with van der Waals surface area (Å²) in [7, 11) is 0. The molecule has 0 bridgehead atoms. The van der Waals surface area contributed by atoms with Gasteiger partial charge in [0, 0.05) is 10.6 Å². The van der Waals surface area contributed by atoms with E-state index in [1.54, 1.807) is 18.2 Å². The molecule has 0 aliphatic rings. The third-order valence-electron chi connectivity index (χ3n) is 2.37. The molecule has 2 nitrogen and oxygen atoms in total. The Balaban J connectivity index is 2.25. The summed E-state index contributed by atoms with van der Waals surface area (Å²) in [4.78, 5) is 12.6. The van der Waals surface area contributed by atoms with Crippen LogP contribution >= 0.6 is 35.8 Å². The van der Waals surface area contributed by atoms with Gasteiger partial charge in [-0.15, -0.1) is 12.6 Å². The zero-order chi connectivity index (χ0) is 14.0. The van der Waals surface area contributed by atoms with Crippen LogP contribution in [0.4, 0.5) is 10.1 Å². The molecule has 6 heteroatoms. The maximum absolute atomic E-state index is 13.0. The summed E-state index contributed by atoms with van der Waals surface area (Å²) in [6.07, 6.45) is 0. The first kappa shape index (κ1) is 14.2. The topological polar surface area (TPSA) is 29.1 Å². The number of carbonyl (C=O) groups is 1. The smallest absolute Gasteiger partial charge is 0.257 e. The molecule has 0 heterocycles. The van der Waals surface area contributed by atoms with Crippen LogP contribution in [0, 0.1) is 5.82 Å². The second-order valence-electron chi connectivity index (χ2n) is 3.75. The number of nitrogens with one attached hydrogen (secondary N) is 1. The van der Waals surface area contributed by atoms with Crippen LogP contribution in [-0.4, -0.2) is 5.91 Å². The molecule has 2 aromatic rings. The zero-order valence-corrected chi connectivity index (χ0v) is 11.9. The SMILES string of the molecule is O=C(Nc1ccc(F)c(Cl)c1)c1cc(S)ccc1Cl. The van der Waals surface area contributed by atoms with Crippen LogP contribution in [0.15, 0.2) is 41.3 Å². The average molecular weight is 316 g/mol. The Morgan fingerprint density at radius 3 is 2.53 bits per heavy atom. The predicted molar refractivity (Wildman–Crippen MR) is 78.1 cm³/mol. The molecule has 0 aliphatic carbocycles. The lowest BCUT2D eigenvalue weighted by Gasteiger charge is -2.08. The fourth-order valence-electron chi connectivity index (χ4n) is 1.46. The van der Waals surface area contributed by atoms with Crippen molar-refractivity contribution in [2.45, 2.75) is 4.90 Å². The van der Waals surface area contributed by atoms with E-state index in [-0.39, 0.29) is 10.6 Å². The van der Waals surface area contributed by atoms with Gasteiger partial charge in [-0.1, -0.05) is 23.2 Å². The van der Waals surface area contributed by atoms with E-state index >= 15 is 0 Å². The minimum absolute atomic E-state index is 0.0631. The molecule has 0 aliphatic heterocycles. The van der Waals surface area contributed by atoms with Gasteiger partial charge >= 0.3 is 0 Å². The lowest BCUT2D eigenvalue weighted by molar-refractivity contribution is 0.102. The van der Waals surface area contributed by atoms with E-state index < -0.39 is 11.7 Å². The first-order valence-corrected chi connectivity index (χ1v) is 6.42. The third kappa shape index (κ3) is 3.41.